The highest BCUT2D eigenvalue weighted by atomic mass is 16.5. The molecular formula is C14H28N2O2. The van der Waals surface area contributed by atoms with Crippen molar-refractivity contribution in [1.82, 2.24) is 10.2 Å². The van der Waals surface area contributed by atoms with Crippen molar-refractivity contribution < 1.29 is 9.53 Å². The largest absolute Gasteiger partial charge is 0.369 e. The summed E-state index contributed by atoms with van der Waals surface area (Å²) in [6.07, 6.45) is 2.29. The van der Waals surface area contributed by atoms with Crippen LogP contribution in [-0.4, -0.2) is 49.2 Å². The van der Waals surface area contributed by atoms with E-state index in [1.54, 1.807) is 0 Å². The first kappa shape index (κ1) is 15.4. The smallest absolute Gasteiger partial charge is 0.248 e. The normalized spacial score (nSPS) is 24.6. The van der Waals surface area contributed by atoms with Gasteiger partial charge in [0.05, 0.1) is 6.10 Å². The van der Waals surface area contributed by atoms with E-state index in [1.807, 2.05) is 18.7 Å². The molecule has 4 nitrogen and oxygen atoms in total. The number of hydrogen-bond donors (Lipinski definition) is 1. The number of rotatable bonds is 6. The summed E-state index contributed by atoms with van der Waals surface area (Å²) in [5.41, 5.74) is 0. The Kier molecular flexibility index (Phi) is 6.65. The lowest BCUT2D eigenvalue weighted by Gasteiger charge is -2.38. The molecule has 4 heteroatoms. The minimum atomic E-state index is 0.121. The van der Waals surface area contributed by atoms with Crippen molar-refractivity contribution in [3.8, 4) is 0 Å². The zero-order valence-corrected chi connectivity index (χ0v) is 12.2. The van der Waals surface area contributed by atoms with Crippen molar-refractivity contribution in [3.05, 3.63) is 0 Å². The Labute approximate surface area is 111 Å². The van der Waals surface area contributed by atoms with Crippen LogP contribution in [0.15, 0.2) is 0 Å². The number of likely N-dealkylation sites (tertiary alicyclic amines) is 1. The highest BCUT2D eigenvalue weighted by Gasteiger charge is 2.29. The van der Waals surface area contributed by atoms with Crippen LogP contribution in [0.2, 0.25) is 0 Å². The first-order valence-corrected chi connectivity index (χ1v) is 7.21. The van der Waals surface area contributed by atoms with Crippen LogP contribution in [0.5, 0.6) is 0 Å². The maximum atomic E-state index is 12.0. The molecule has 0 saturated carbocycles. The molecule has 1 N–H and O–H groups in total. The standard InChI is InChI=1S/C14H28N2O2/c1-5-12-9-16(8-7-13(12)15-6-2)14(17)10-18-11(3)4/h11-13,15H,5-10H2,1-4H3. The maximum Gasteiger partial charge on any atom is 0.248 e. The first-order chi connectivity index (χ1) is 8.58. The van der Waals surface area contributed by atoms with E-state index in [1.165, 1.54) is 0 Å². The number of nitrogens with one attached hydrogen (secondary N) is 1. The van der Waals surface area contributed by atoms with Gasteiger partial charge in [-0.1, -0.05) is 20.3 Å². The number of piperidine rings is 1. The number of ether oxygens (including phenoxy) is 1. The lowest BCUT2D eigenvalue weighted by Crippen LogP contribution is -2.51. The van der Waals surface area contributed by atoms with E-state index in [-0.39, 0.29) is 18.6 Å². The van der Waals surface area contributed by atoms with Crippen LogP contribution in [0, 0.1) is 5.92 Å². The second-order valence-electron chi connectivity index (χ2n) is 5.32. The molecule has 0 aliphatic carbocycles. The van der Waals surface area contributed by atoms with Crippen molar-refractivity contribution in [2.45, 2.75) is 52.7 Å². The molecule has 1 aliphatic rings. The summed E-state index contributed by atoms with van der Waals surface area (Å²) in [7, 11) is 0. The SMILES string of the molecule is CCNC1CCN(C(=O)COC(C)C)CC1CC. The highest BCUT2D eigenvalue weighted by molar-refractivity contribution is 5.77. The van der Waals surface area contributed by atoms with E-state index in [9.17, 15) is 4.79 Å². The first-order valence-electron chi connectivity index (χ1n) is 7.21. The molecular weight excluding hydrogens is 228 g/mol. The molecule has 0 bridgehead atoms. The zero-order chi connectivity index (χ0) is 13.5. The van der Waals surface area contributed by atoms with E-state index in [2.05, 4.69) is 19.2 Å². The Morgan fingerprint density at radius 3 is 2.72 bits per heavy atom. The number of hydrogen-bond acceptors (Lipinski definition) is 3. The molecule has 1 saturated heterocycles. The van der Waals surface area contributed by atoms with Crippen molar-refractivity contribution in [1.29, 1.82) is 0 Å². The fraction of sp³-hybridized carbons (Fsp3) is 0.929. The summed E-state index contributed by atoms with van der Waals surface area (Å²) in [4.78, 5) is 14.0. The summed E-state index contributed by atoms with van der Waals surface area (Å²) in [6.45, 7) is 11.2. The summed E-state index contributed by atoms with van der Waals surface area (Å²) < 4.78 is 5.39. The van der Waals surface area contributed by atoms with Gasteiger partial charge in [0.1, 0.15) is 6.61 Å². The Morgan fingerprint density at radius 1 is 1.44 bits per heavy atom. The van der Waals surface area contributed by atoms with Crippen molar-refractivity contribution in [2.75, 3.05) is 26.2 Å². The second kappa shape index (κ2) is 7.74. The molecule has 0 aromatic heterocycles. The molecule has 0 aromatic rings. The molecule has 1 rings (SSSR count). The fourth-order valence-corrected chi connectivity index (χ4v) is 2.53. The molecule has 0 radical (unpaired) electrons. The van der Waals surface area contributed by atoms with E-state index in [4.69, 9.17) is 4.74 Å². The third-order valence-corrected chi connectivity index (χ3v) is 3.62. The Balaban J connectivity index is 2.43. The molecule has 106 valence electrons. The lowest BCUT2D eigenvalue weighted by molar-refractivity contribution is -0.139. The minimum Gasteiger partial charge on any atom is -0.369 e. The van der Waals surface area contributed by atoms with Gasteiger partial charge in [0.2, 0.25) is 5.91 Å². The Bertz CT molecular complexity index is 256. The van der Waals surface area contributed by atoms with E-state index >= 15 is 0 Å². The maximum absolute atomic E-state index is 12.0. The quantitative estimate of drug-likeness (QED) is 0.785. The predicted octanol–water partition coefficient (Wildman–Crippen LogP) is 1.65. The third-order valence-electron chi connectivity index (χ3n) is 3.62. The fourth-order valence-electron chi connectivity index (χ4n) is 2.53. The summed E-state index contributed by atoms with van der Waals surface area (Å²) in [5.74, 6) is 0.707. The molecule has 1 aliphatic heterocycles. The predicted molar refractivity (Wildman–Crippen MR) is 73.5 cm³/mol. The van der Waals surface area contributed by atoms with Crippen molar-refractivity contribution in [2.24, 2.45) is 5.92 Å². The Hall–Kier alpha value is -0.610. The van der Waals surface area contributed by atoms with Crippen LogP contribution in [0.3, 0.4) is 0 Å². The van der Waals surface area contributed by atoms with Crippen LogP contribution in [-0.2, 0) is 9.53 Å². The van der Waals surface area contributed by atoms with E-state index in [0.29, 0.717) is 12.0 Å². The Morgan fingerprint density at radius 2 is 2.17 bits per heavy atom. The van der Waals surface area contributed by atoms with Gasteiger partial charge in [-0.05, 0) is 32.7 Å². The van der Waals surface area contributed by atoms with Gasteiger partial charge in [-0.15, -0.1) is 0 Å². The number of amides is 1. The molecule has 18 heavy (non-hydrogen) atoms. The number of carbonyl (C=O) groups excluding carboxylic acids is 1. The van der Waals surface area contributed by atoms with Crippen LogP contribution >= 0.6 is 0 Å². The van der Waals surface area contributed by atoms with Crippen molar-refractivity contribution >= 4 is 5.91 Å². The lowest BCUT2D eigenvalue weighted by atomic mass is 9.90. The van der Waals surface area contributed by atoms with Gasteiger partial charge >= 0.3 is 0 Å². The monoisotopic (exact) mass is 256 g/mol. The summed E-state index contributed by atoms with van der Waals surface area (Å²) in [6, 6.07) is 0.565. The number of carbonyl (C=O) groups is 1. The molecule has 0 aromatic carbocycles. The van der Waals surface area contributed by atoms with Crippen LogP contribution in [0.25, 0.3) is 0 Å². The number of nitrogens with zero attached hydrogens (tertiary/aromatic N) is 1. The van der Waals surface area contributed by atoms with Crippen LogP contribution < -0.4 is 5.32 Å². The molecule has 1 amide bonds. The van der Waals surface area contributed by atoms with E-state index < -0.39 is 0 Å². The zero-order valence-electron chi connectivity index (χ0n) is 12.2. The van der Waals surface area contributed by atoms with Gasteiger partial charge in [0.15, 0.2) is 0 Å². The van der Waals surface area contributed by atoms with Gasteiger partial charge in [-0.2, -0.15) is 0 Å². The van der Waals surface area contributed by atoms with Crippen molar-refractivity contribution in [3.63, 3.8) is 0 Å². The average Bonchev–Trinajstić information content (AvgIpc) is 2.36. The van der Waals surface area contributed by atoms with Gasteiger partial charge in [0.25, 0.3) is 0 Å². The van der Waals surface area contributed by atoms with E-state index in [0.717, 1.165) is 32.5 Å². The second-order valence-corrected chi connectivity index (χ2v) is 5.32. The molecule has 1 heterocycles. The summed E-state index contributed by atoms with van der Waals surface area (Å²) >= 11 is 0. The third kappa shape index (κ3) is 4.58. The molecule has 2 unspecified atom stereocenters. The van der Waals surface area contributed by atoms with Crippen LogP contribution in [0.1, 0.15) is 40.5 Å². The van der Waals surface area contributed by atoms with Gasteiger partial charge in [-0.25, -0.2) is 0 Å². The van der Waals surface area contributed by atoms with Gasteiger partial charge in [-0.3, -0.25) is 4.79 Å². The topological polar surface area (TPSA) is 41.6 Å². The molecule has 2 atom stereocenters. The van der Waals surface area contributed by atoms with Gasteiger partial charge in [0, 0.05) is 19.1 Å². The average molecular weight is 256 g/mol. The molecule has 1 fully saturated rings. The minimum absolute atomic E-state index is 0.121. The van der Waals surface area contributed by atoms with Crippen LogP contribution in [0.4, 0.5) is 0 Å². The summed E-state index contributed by atoms with van der Waals surface area (Å²) in [5, 5.41) is 3.53. The van der Waals surface area contributed by atoms with Gasteiger partial charge < -0.3 is 15.0 Å². The highest BCUT2D eigenvalue weighted by Crippen LogP contribution is 2.20. The molecule has 0 spiro atoms.